The van der Waals surface area contributed by atoms with Gasteiger partial charge in [0.15, 0.2) is 0 Å². The molecule has 0 rings (SSSR count). The molecular formula is C4H8Cl2Mg. The van der Waals surface area contributed by atoms with Crippen LogP contribution in [0.5, 0.6) is 0 Å². The van der Waals surface area contributed by atoms with Crippen molar-refractivity contribution in [2.75, 3.05) is 5.88 Å². The van der Waals surface area contributed by atoms with Gasteiger partial charge in [0.2, 0.25) is 0 Å². The first-order chi connectivity index (χ1) is 2.41. The van der Waals surface area contributed by atoms with Crippen molar-refractivity contribution >= 4 is 34.7 Å². The van der Waals surface area contributed by atoms with E-state index in [4.69, 9.17) is 11.6 Å². The molecule has 0 N–H and O–H groups in total. The summed E-state index contributed by atoms with van der Waals surface area (Å²) in [5.74, 6) is 0.753. The molecule has 0 aromatic carbocycles. The molecule has 0 aromatic heterocycles. The SMILES string of the molecule is [CH2-]CCCCl.[Cl-].[Mg+2]. The van der Waals surface area contributed by atoms with E-state index in [9.17, 15) is 0 Å². The van der Waals surface area contributed by atoms with Crippen molar-refractivity contribution < 1.29 is 12.4 Å². The van der Waals surface area contributed by atoms with Crippen LogP contribution in [-0.4, -0.2) is 28.9 Å². The van der Waals surface area contributed by atoms with E-state index in [1.165, 1.54) is 0 Å². The van der Waals surface area contributed by atoms with Gasteiger partial charge < -0.3 is 19.3 Å². The maximum atomic E-state index is 5.26. The van der Waals surface area contributed by atoms with Gasteiger partial charge in [0, 0.05) is 5.88 Å². The van der Waals surface area contributed by atoms with Gasteiger partial charge >= 0.3 is 23.1 Å². The molecule has 0 aliphatic heterocycles. The zero-order valence-corrected chi connectivity index (χ0v) is 7.22. The van der Waals surface area contributed by atoms with Crippen molar-refractivity contribution in [2.45, 2.75) is 12.8 Å². The summed E-state index contributed by atoms with van der Waals surface area (Å²) in [6.07, 6.45) is 2.01. The van der Waals surface area contributed by atoms with E-state index in [0.29, 0.717) is 0 Å². The van der Waals surface area contributed by atoms with Gasteiger partial charge in [0.25, 0.3) is 0 Å². The first-order valence-electron chi connectivity index (χ1n) is 1.77. The molecule has 0 saturated heterocycles. The van der Waals surface area contributed by atoms with Gasteiger partial charge in [0.05, 0.1) is 0 Å². The fourth-order valence-corrected chi connectivity index (χ4v) is 0.283. The third kappa shape index (κ3) is 18.8. The third-order valence-electron chi connectivity index (χ3n) is 0.384. The minimum absolute atomic E-state index is 0. The van der Waals surface area contributed by atoms with Gasteiger partial charge in [0.1, 0.15) is 0 Å². The first kappa shape index (κ1) is 15.8. The minimum atomic E-state index is 0. The Balaban J connectivity index is -0.0000000800. The molecule has 0 heterocycles. The van der Waals surface area contributed by atoms with Crippen molar-refractivity contribution in [2.24, 2.45) is 0 Å². The van der Waals surface area contributed by atoms with E-state index >= 15 is 0 Å². The smallest absolute Gasteiger partial charge is 1.00 e. The summed E-state index contributed by atoms with van der Waals surface area (Å²) >= 11 is 5.26. The van der Waals surface area contributed by atoms with Crippen LogP contribution < -0.4 is 12.4 Å². The van der Waals surface area contributed by atoms with Gasteiger partial charge in [-0.15, -0.1) is 11.6 Å². The Morgan fingerprint density at radius 2 is 1.86 bits per heavy atom. The summed E-state index contributed by atoms with van der Waals surface area (Å²) in [5, 5.41) is 0. The van der Waals surface area contributed by atoms with Crippen LogP contribution in [0.2, 0.25) is 0 Å². The summed E-state index contributed by atoms with van der Waals surface area (Å²) in [4.78, 5) is 0. The Kier molecular flexibility index (Phi) is 35.3. The Morgan fingerprint density at radius 3 is 1.86 bits per heavy atom. The second kappa shape index (κ2) is 15.7. The van der Waals surface area contributed by atoms with Gasteiger partial charge in [-0.05, 0) is 0 Å². The van der Waals surface area contributed by atoms with E-state index < -0.39 is 0 Å². The zero-order valence-electron chi connectivity index (χ0n) is 4.29. The molecule has 0 radical (unpaired) electrons. The van der Waals surface area contributed by atoms with Gasteiger partial charge in [-0.3, -0.25) is 0 Å². The molecule has 0 amide bonds. The fraction of sp³-hybridized carbons (Fsp3) is 0.750. The standard InChI is InChI=1S/C4H8Cl.ClH.Mg/c1-2-3-4-5;;/h1-4H2;1H;/q-1;;+2/p-1. The average Bonchev–Trinajstić information content (AvgIpc) is 1.41. The summed E-state index contributed by atoms with van der Waals surface area (Å²) in [5.41, 5.74) is 0. The van der Waals surface area contributed by atoms with Crippen LogP contribution in [0.1, 0.15) is 12.8 Å². The van der Waals surface area contributed by atoms with E-state index in [1.54, 1.807) is 0 Å². The molecule has 7 heavy (non-hydrogen) atoms. The van der Waals surface area contributed by atoms with Crippen LogP contribution in [0, 0.1) is 6.92 Å². The average molecular weight is 151 g/mol. The van der Waals surface area contributed by atoms with Crippen LogP contribution in [0.15, 0.2) is 0 Å². The summed E-state index contributed by atoms with van der Waals surface area (Å²) in [7, 11) is 0. The zero-order chi connectivity index (χ0) is 4.12. The molecule has 0 unspecified atom stereocenters. The van der Waals surface area contributed by atoms with E-state index in [2.05, 4.69) is 6.92 Å². The summed E-state index contributed by atoms with van der Waals surface area (Å²) < 4.78 is 0. The number of rotatable bonds is 2. The molecular weight excluding hydrogens is 143 g/mol. The first-order valence-corrected chi connectivity index (χ1v) is 2.30. The molecule has 0 nitrogen and oxygen atoms in total. The van der Waals surface area contributed by atoms with Crippen molar-refractivity contribution in [1.82, 2.24) is 0 Å². The molecule has 0 aliphatic rings. The Hall–Kier alpha value is 1.35. The quantitative estimate of drug-likeness (QED) is 0.255. The molecule has 0 fully saturated rings. The topological polar surface area (TPSA) is 0 Å². The molecule has 0 aliphatic carbocycles. The Bertz CT molecular complexity index is 17.2. The minimum Gasteiger partial charge on any atom is -1.00 e. The van der Waals surface area contributed by atoms with Gasteiger partial charge in [-0.25, -0.2) is 0 Å². The Morgan fingerprint density at radius 1 is 1.43 bits per heavy atom. The maximum absolute atomic E-state index is 5.26. The Labute approximate surface area is 72.6 Å². The van der Waals surface area contributed by atoms with Crippen molar-refractivity contribution in [1.29, 1.82) is 0 Å². The summed E-state index contributed by atoms with van der Waals surface area (Å²) in [6.45, 7) is 3.59. The second-order valence-electron chi connectivity index (χ2n) is 0.896. The van der Waals surface area contributed by atoms with Crippen molar-refractivity contribution in [3.63, 3.8) is 0 Å². The summed E-state index contributed by atoms with van der Waals surface area (Å²) in [6, 6.07) is 0. The number of hydrogen-bond donors (Lipinski definition) is 0. The predicted molar refractivity (Wildman–Crippen MR) is 31.1 cm³/mol. The number of unbranched alkanes of at least 4 members (excludes halogenated alkanes) is 1. The van der Waals surface area contributed by atoms with Gasteiger partial charge in [-0.1, -0.05) is 6.42 Å². The van der Waals surface area contributed by atoms with Crippen LogP contribution in [-0.2, 0) is 0 Å². The molecule has 0 bridgehead atoms. The molecule has 40 valence electrons. The van der Waals surface area contributed by atoms with Crippen LogP contribution in [0.4, 0.5) is 0 Å². The number of halogens is 2. The fourth-order valence-electron chi connectivity index (χ4n) is 0.0945. The van der Waals surface area contributed by atoms with Gasteiger partial charge in [-0.2, -0.15) is 6.42 Å². The van der Waals surface area contributed by atoms with E-state index in [1.807, 2.05) is 0 Å². The molecule has 0 atom stereocenters. The normalized spacial score (nSPS) is 6.00. The van der Waals surface area contributed by atoms with Crippen LogP contribution in [0.25, 0.3) is 0 Å². The van der Waals surface area contributed by atoms with Crippen LogP contribution >= 0.6 is 11.6 Å². The van der Waals surface area contributed by atoms with Crippen molar-refractivity contribution in [3.05, 3.63) is 6.92 Å². The number of hydrogen-bond acceptors (Lipinski definition) is 0. The monoisotopic (exact) mass is 150 g/mol. The predicted octanol–water partition coefficient (Wildman–Crippen LogP) is -1.54. The molecule has 0 saturated carbocycles. The second-order valence-corrected chi connectivity index (χ2v) is 1.27. The molecule has 0 aromatic rings. The molecule has 3 heteroatoms. The maximum Gasteiger partial charge on any atom is 2.00 e. The molecule has 0 spiro atoms. The van der Waals surface area contributed by atoms with E-state index in [0.717, 1.165) is 18.7 Å². The van der Waals surface area contributed by atoms with Crippen molar-refractivity contribution in [3.8, 4) is 0 Å². The third-order valence-corrected chi connectivity index (χ3v) is 0.651. The largest absolute Gasteiger partial charge is 2.00 e. The van der Waals surface area contributed by atoms with E-state index in [-0.39, 0.29) is 35.5 Å². The number of alkyl halides is 1. The van der Waals surface area contributed by atoms with Crippen LogP contribution in [0.3, 0.4) is 0 Å².